The minimum absolute atomic E-state index is 0.174. The Morgan fingerprint density at radius 2 is 1.77 bits per heavy atom. The third-order valence-corrected chi connectivity index (χ3v) is 5.21. The molecular weight excluding hydrogens is 324 g/mol. The lowest BCUT2D eigenvalue weighted by Crippen LogP contribution is -2.43. The third-order valence-electron chi connectivity index (χ3n) is 5.21. The van der Waals surface area contributed by atoms with Crippen molar-refractivity contribution in [2.45, 2.75) is 13.1 Å². The molecule has 4 aromatic rings. The van der Waals surface area contributed by atoms with Crippen LogP contribution in [0.5, 0.6) is 0 Å². The van der Waals surface area contributed by atoms with Crippen molar-refractivity contribution in [3.05, 3.63) is 67.3 Å². The van der Waals surface area contributed by atoms with Gasteiger partial charge in [-0.05, 0) is 25.1 Å². The minimum Gasteiger partial charge on any atom is -0.299 e. The molecule has 5 rings (SSSR count). The fourth-order valence-corrected chi connectivity index (χ4v) is 3.78. The Morgan fingerprint density at radius 1 is 1.00 bits per heavy atom. The van der Waals surface area contributed by atoms with Gasteiger partial charge in [0.25, 0.3) is 5.82 Å². The van der Waals surface area contributed by atoms with Gasteiger partial charge in [0, 0.05) is 19.3 Å². The zero-order valence-corrected chi connectivity index (χ0v) is 15.1. The van der Waals surface area contributed by atoms with Gasteiger partial charge in [0.1, 0.15) is 12.0 Å². The third kappa shape index (κ3) is 1.98. The quantitative estimate of drug-likeness (QED) is 0.524. The molecule has 3 aromatic heterocycles. The average Bonchev–Trinajstić information content (AvgIpc) is 3.29. The molecule has 26 heavy (non-hydrogen) atoms. The topological polar surface area (TPSA) is 32.6 Å². The number of aromatic nitrogens is 4. The van der Waals surface area contributed by atoms with E-state index in [4.69, 9.17) is 4.98 Å². The van der Waals surface area contributed by atoms with Gasteiger partial charge in [-0.1, -0.05) is 18.2 Å². The lowest BCUT2D eigenvalue weighted by molar-refractivity contribution is -0.658. The zero-order chi connectivity index (χ0) is 17.8. The summed E-state index contributed by atoms with van der Waals surface area (Å²) in [4.78, 5) is 9.33. The summed E-state index contributed by atoms with van der Waals surface area (Å²) in [5.74, 6) is 3.22. The normalized spacial score (nSPS) is 17.1. The fraction of sp³-hybridized carbons (Fsp3) is 0.200. The van der Waals surface area contributed by atoms with Gasteiger partial charge in [0.05, 0.1) is 30.5 Å². The summed E-state index contributed by atoms with van der Waals surface area (Å²) in [6.07, 6.45) is 8.68. The Labute approximate surface area is 151 Å². The Kier molecular flexibility index (Phi) is 3.09. The predicted molar refractivity (Wildman–Crippen MR) is 103 cm³/mol. The SMILES string of the molecule is C[C@@H]1N(c2cn3c4ccccc4nc3n2C)C=CN1c1cccc[n+]1C. The van der Waals surface area contributed by atoms with Gasteiger partial charge in [-0.25, -0.2) is 14.5 Å². The van der Waals surface area contributed by atoms with Gasteiger partial charge < -0.3 is 0 Å². The predicted octanol–water partition coefficient (Wildman–Crippen LogP) is 2.79. The molecule has 0 fully saturated rings. The van der Waals surface area contributed by atoms with E-state index in [0.717, 1.165) is 28.4 Å². The van der Waals surface area contributed by atoms with E-state index in [1.807, 2.05) is 12.1 Å². The van der Waals surface area contributed by atoms with Crippen LogP contribution in [-0.4, -0.2) is 20.1 Å². The molecule has 0 bridgehead atoms. The van der Waals surface area contributed by atoms with Crippen molar-refractivity contribution in [2.75, 3.05) is 9.80 Å². The van der Waals surface area contributed by atoms with E-state index in [1.165, 1.54) is 0 Å². The van der Waals surface area contributed by atoms with Gasteiger partial charge in [-0.15, -0.1) is 0 Å². The number of anilines is 2. The molecule has 0 saturated heterocycles. The largest absolute Gasteiger partial charge is 0.299 e. The van der Waals surface area contributed by atoms with Crippen molar-refractivity contribution in [3.8, 4) is 0 Å². The first-order chi connectivity index (χ1) is 12.6. The lowest BCUT2D eigenvalue weighted by Gasteiger charge is -2.24. The maximum atomic E-state index is 4.78. The maximum Gasteiger partial charge on any atom is 0.282 e. The molecule has 0 unspecified atom stereocenters. The number of nitrogens with zero attached hydrogens (tertiary/aromatic N) is 6. The molecule has 1 aromatic carbocycles. The van der Waals surface area contributed by atoms with E-state index < -0.39 is 0 Å². The molecule has 0 radical (unpaired) electrons. The first-order valence-corrected chi connectivity index (χ1v) is 8.77. The summed E-state index contributed by atoms with van der Waals surface area (Å²) in [6.45, 7) is 2.21. The molecule has 4 heterocycles. The second kappa shape index (κ2) is 5.36. The van der Waals surface area contributed by atoms with E-state index in [2.05, 4.69) is 99.5 Å². The van der Waals surface area contributed by atoms with Crippen molar-refractivity contribution < 1.29 is 4.57 Å². The highest BCUT2D eigenvalue weighted by Gasteiger charge is 2.33. The Hall–Kier alpha value is -3.28. The van der Waals surface area contributed by atoms with Crippen LogP contribution in [0.1, 0.15) is 6.92 Å². The Morgan fingerprint density at radius 3 is 2.62 bits per heavy atom. The standard InChI is InChI=1S/C20H21N6/c1-15-24(18-10-6-7-11-22(18)2)12-13-25(15)19-14-26-17-9-5-4-8-16(17)21-20(26)23(19)3/h4-15H,1-3H3/q+1/t15-/m0/s1. The number of para-hydroxylation sites is 2. The molecule has 0 amide bonds. The first-order valence-electron chi connectivity index (χ1n) is 8.77. The fourth-order valence-electron chi connectivity index (χ4n) is 3.78. The van der Waals surface area contributed by atoms with E-state index >= 15 is 0 Å². The molecule has 0 spiro atoms. The van der Waals surface area contributed by atoms with Crippen molar-refractivity contribution in [3.63, 3.8) is 0 Å². The summed E-state index contributed by atoms with van der Waals surface area (Å²) in [5, 5.41) is 0. The van der Waals surface area contributed by atoms with Crippen LogP contribution in [-0.2, 0) is 14.1 Å². The molecule has 0 aliphatic carbocycles. The van der Waals surface area contributed by atoms with Crippen LogP contribution in [0.25, 0.3) is 16.8 Å². The molecule has 0 saturated carbocycles. The number of aryl methyl sites for hydroxylation is 2. The molecule has 130 valence electrons. The number of imidazole rings is 2. The molecule has 1 aliphatic heterocycles. The second-order valence-corrected chi connectivity index (χ2v) is 6.73. The lowest BCUT2D eigenvalue weighted by atomic mass is 10.3. The van der Waals surface area contributed by atoms with Crippen LogP contribution in [0.2, 0.25) is 0 Å². The van der Waals surface area contributed by atoms with Gasteiger partial charge in [0.15, 0.2) is 6.17 Å². The smallest absolute Gasteiger partial charge is 0.282 e. The zero-order valence-electron chi connectivity index (χ0n) is 15.1. The monoisotopic (exact) mass is 345 g/mol. The molecular formula is C20H21N6+. The van der Waals surface area contributed by atoms with Gasteiger partial charge in [-0.3, -0.25) is 13.9 Å². The van der Waals surface area contributed by atoms with Crippen molar-refractivity contribution >= 4 is 28.4 Å². The Balaban J connectivity index is 1.58. The number of rotatable bonds is 2. The van der Waals surface area contributed by atoms with Crippen LogP contribution < -0.4 is 14.4 Å². The summed E-state index contributed by atoms with van der Waals surface area (Å²) in [6, 6.07) is 14.5. The van der Waals surface area contributed by atoms with Crippen LogP contribution in [0.4, 0.5) is 11.6 Å². The maximum absolute atomic E-state index is 4.78. The summed E-state index contributed by atoms with van der Waals surface area (Å²) in [7, 11) is 4.14. The van der Waals surface area contributed by atoms with Crippen molar-refractivity contribution in [2.24, 2.45) is 14.1 Å². The van der Waals surface area contributed by atoms with Crippen LogP contribution >= 0.6 is 0 Å². The highest BCUT2D eigenvalue weighted by molar-refractivity contribution is 5.80. The highest BCUT2D eigenvalue weighted by Crippen LogP contribution is 2.30. The Bertz CT molecular complexity index is 1150. The van der Waals surface area contributed by atoms with Crippen LogP contribution in [0.15, 0.2) is 67.3 Å². The van der Waals surface area contributed by atoms with Crippen molar-refractivity contribution in [1.82, 2.24) is 14.0 Å². The average molecular weight is 345 g/mol. The van der Waals surface area contributed by atoms with Crippen LogP contribution in [0, 0.1) is 0 Å². The summed E-state index contributed by atoms with van der Waals surface area (Å²) < 4.78 is 6.45. The molecule has 6 nitrogen and oxygen atoms in total. The second-order valence-electron chi connectivity index (χ2n) is 6.73. The number of benzene rings is 1. The van der Waals surface area contributed by atoms with E-state index in [1.54, 1.807) is 0 Å². The van der Waals surface area contributed by atoms with Crippen molar-refractivity contribution in [1.29, 1.82) is 0 Å². The van der Waals surface area contributed by atoms with E-state index in [0.29, 0.717) is 0 Å². The van der Waals surface area contributed by atoms with Gasteiger partial charge in [0.2, 0.25) is 5.78 Å². The van der Waals surface area contributed by atoms with Crippen LogP contribution in [0.3, 0.4) is 0 Å². The summed E-state index contributed by atoms with van der Waals surface area (Å²) >= 11 is 0. The number of hydrogen-bond donors (Lipinski definition) is 0. The molecule has 1 atom stereocenters. The minimum atomic E-state index is 0.174. The van der Waals surface area contributed by atoms with Gasteiger partial charge >= 0.3 is 0 Å². The van der Waals surface area contributed by atoms with E-state index in [9.17, 15) is 0 Å². The highest BCUT2D eigenvalue weighted by atomic mass is 15.4. The van der Waals surface area contributed by atoms with E-state index in [-0.39, 0.29) is 6.17 Å². The number of hydrogen-bond acceptors (Lipinski definition) is 3. The number of pyridine rings is 1. The summed E-state index contributed by atoms with van der Waals surface area (Å²) in [5.41, 5.74) is 2.15. The first kappa shape index (κ1) is 15.0. The molecule has 6 heteroatoms. The molecule has 1 aliphatic rings. The van der Waals surface area contributed by atoms with Gasteiger partial charge in [-0.2, -0.15) is 0 Å². The number of fused-ring (bicyclic) bond motifs is 3. The molecule has 0 N–H and O–H groups in total.